The Labute approximate surface area is 111 Å². The van der Waals surface area contributed by atoms with Gasteiger partial charge >= 0.3 is 5.97 Å². The smallest absolute Gasteiger partial charge is 0.335 e. The predicted molar refractivity (Wildman–Crippen MR) is 74.6 cm³/mol. The maximum absolute atomic E-state index is 10.9. The molecule has 0 saturated carbocycles. The van der Waals surface area contributed by atoms with Crippen LogP contribution in [0.1, 0.15) is 24.2 Å². The number of carboxylic acids is 1. The number of hydrogen-bond acceptors (Lipinski definition) is 4. The second kappa shape index (κ2) is 5.22. The topological polar surface area (TPSA) is 66.3 Å². The van der Waals surface area contributed by atoms with Gasteiger partial charge in [-0.1, -0.05) is 13.8 Å². The molecule has 1 aromatic carbocycles. The van der Waals surface area contributed by atoms with E-state index >= 15 is 0 Å². The Kier molecular flexibility index (Phi) is 3.64. The highest BCUT2D eigenvalue weighted by molar-refractivity contribution is 5.93. The molecule has 0 saturated heterocycles. The van der Waals surface area contributed by atoms with Crippen molar-refractivity contribution in [3.63, 3.8) is 0 Å². The molecule has 1 N–H and O–H groups in total. The van der Waals surface area contributed by atoms with Crippen molar-refractivity contribution in [1.29, 1.82) is 0 Å². The normalized spacial score (nSPS) is 10.9. The Morgan fingerprint density at radius 3 is 2.79 bits per heavy atom. The molecule has 0 aliphatic carbocycles. The van der Waals surface area contributed by atoms with Crippen LogP contribution in [0.2, 0.25) is 0 Å². The van der Waals surface area contributed by atoms with Gasteiger partial charge in [0.05, 0.1) is 11.1 Å². The first-order valence-corrected chi connectivity index (χ1v) is 6.18. The highest BCUT2D eigenvalue weighted by Gasteiger charge is 2.09. The average Bonchev–Trinajstić information content (AvgIpc) is 2.36. The van der Waals surface area contributed by atoms with E-state index in [1.54, 1.807) is 24.4 Å². The van der Waals surface area contributed by atoms with Crippen molar-refractivity contribution in [1.82, 2.24) is 9.97 Å². The van der Waals surface area contributed by atoms with E-state index in [1.165, 1.54) is 0 Å². The summed E-state index contributed by atoms with van der Waals surface area (Å²) < 4.78 is 0. The Balaban J connectivity index is 2.36. The second-order valence-electron chi connectivity index (χ2n) is 5.02. The Bertz CT molecular complexity index is 611. The zero-order valence-corrected chi connectivity index (χ0v) is 11.3. The molecule has 0 amide bonds. The zero-order valence-electron chi connectivity index (χ0n) is 11.3. The average molecular weight is 259 g/mol. The van der Waals surface area contributed by atoms with Crippen molar-refractivity contribution in [2.75, 3.05) is 18.5 Å². The van der Waals surface area contributed by atoms with Crippen LogP contribution in [0.15, 0.2) is 24.4 Å². The lowest BCUT2D eigenvalue weighted by atomic mass is 10.1. The number of hydrogen-bond donors (Lipinski definition) is 1. The van der Waals surface area contributed by atoms with Crippen molar-refractivity contribution >= 4 is 22.8 Å². The predicted octanol–water partition coefficient (Wildman–Crippen LogP) is 2.42. The minimum atomic E-state index is -0.942. The van der Waals surface area contributed by atoms with Gasteiger partial charge in [0.1, 0.15) is 0 Å². The maximum Gasteiger partial charge on any atom is 0.335 e. The Morgan fingerprint density at radius 1 is 1.42 bits per heavy atom. The molecule has 19 heavy (non-hydrogen) atoms. The van der Waals surface area contributed by atoms with Gasteiger partial charge in [-0.3, -0.25) is 0 Å². The van der Waals surface area contributed by atoms with Gasteiger partial charge in [-0.25, -0.2) is 14.8 Å². The monoisotopic (exact) mass is 259 g/mol. The minimum absolute atomic E-state index is 0.249. The molecule has 5 heteroatoms. The van der Waals surface area contributed by atoms with Crippen LogP contribution in [0.5, 0.6) is 0 Å². The summed E-state index contributed by atoms with van der Waals surface area (Å²) in [7, 11) is 1.95. The van der Waals surface area contributed by atoms with E-state index in [9.17, 15) is 4.79 Å². The van der Waals surface area contributed by atoms with Crippen molar-refractivity contribution in [3.8, 4) is 0 Å². The third-order valence-electron chi connectivity index (χ3n) is 2.79. The lowest BCUT2D eigenvalue weighted by molar-refractivity contribution is 0.0697. The molecule has 2 aromatic rings. The summed E-state index contributed by atoms with van der Waals surface area (Å²) in [5.41, 5.74) is 1.00. The molecule has 100 valence electrons. The fourth-order valence-corrected chi connectivity index (χ4v) is 1.97. The molecular formula is C14H17N3O2. The highest BCUT2D eigenvalue weighted by atomic mass is 16.4. The first-order valence-electron chi connectivity index (χ1n) is 6.18. The zero-order chi connectivity index (χ0) is 14.0. The van der Waals surface area contributed by atoms with Crippen LogP contribution in [0.3, 0.4) is 0 Å². The molecule has 2 rings (SSSR count). The lowest BCUT2D eigenvalue weighted by Gasteiger charge is -2.19. The van der Waals surface area contributed by atoms with Crippen LogP contribution in [0.4, 0.5) is 5.95 Å². The largest absolute Gasteiger partial charge is 0.478 e. The van der Waals surface area contributed by atoms with Gasteiger partial charge in [0.2, 0.25) is 5.95 Å². The first-order chi connectivity index (χ1) is 8.97. The van der Waals surface area contributed by atoms with Crippen LogP contribution in [-0.4, -0.2) is 34.6 Å². The van der Waals surface area contributed by atoms with E-state index in [4.69, 9.17) is 5.11 Å². The molecule has 0 unspecified atom stereocenters. The highest BCUT2D eigenvalue weighted by Crippen LogP contribution is 2.17. The van der Waals surface area contributed by atoms with Gasteiger partial charge in [-0.05, 0) is 24.1 Å². The van der Waals surface area contributed by atoms with E-state index in [0.29, 0.717) is 11.9 Å². The molecule has 0 spiro atoms. The van der Waals surface area contributed by atoms with Gasteiger partial charge in [0.25, 0.3) is 0 Å². The minimum Gasteiger partial charge on any atom is -0.478 e. The van der Waals surface area contributed by atoms with Crippen LogP contribution in [0.25, 0.3) is 10.9 Å². The fourth-order valence-electron chi connectivity index (χ4n) is 1.97. The van der Waals surface area contributed by atoms with Crippen molar-refractivity contribution in [2.24, 2.45) is 5.92 Å². The molecule has 1 aromatic heterocycles. The number of benzene rings is 1. The van der Waals surface area contributed by atoms with E-state index in [-0.39, 0.29) is 5.56 Å². The first kappa shape index (κ1) is 13.3. The van der Waals surface area contributed by atoms with Crippen molar-refractivity contribution in [3.05, 3.63) is 30.0 Å². The molecule has 0 aliphatic rings. The summed E-state index contributed by atoms with van der Waals surface area (Å²) in [5.74, 6) is 0.242. The van der Waals surface area contributed by atoms with Crippen LogP contribution in [-0.2, 0) is 0 Å². The number of aromatic carboxylic acids is 1. The van der Waals surface area contributed by atoms with E-state index in [1.807, 2.05) is 11.9 Å². The van der Waals surface area contributed by atoms with Crippen LogP contribution >= 0.6 is 0 Å². The van der Waals surface area contributed by atoms with Gasteiger partial charge in [0, 0.05) is 25.2 Å². The van der Waals surface area contributed by atoms with Crippen LogP contribution in [0, 0.1) is 5.92 Å². The van der Waals surface area contributed by atoms with Gasteiger partial charge < -0.3 is 10.0 Å². The summed E-state index contributed by atoms with van der Waals surface area (Å²) in [5, 5.41) is 9.67. The number of anilines is 1. The lowest BCUT2D eigenvalue weighted by Crippen LogP contribution is -2.24. The third kappa shape index (κ3) is 2.99. The van der Waals surface area contributed by atoms with E-state index < -0.39 is 5.97 Å². The summed E-state index contributed by atoms with van der Waals surface area (Å²) in [6, 6.07) is 4.86. The second-order valence-corrected chi connectivity index (χ2v) is 5.02. The van der Waals surface area contributed by atoms with Gasteiger partial charge in [-0.2, -0.15) is 0 Å². The Morgan fingerprint density at radius 2 is 2.16 bits per heavy atom. The number of fused-ring (bicyclic) bond motifs is 1. The Hall–Kier alpha value is -2.17. The fraction of sp³-hybridized carbons (Fsp3) is 0.357. The third-order valence-corrected chi connectivity index (χ3v) is 2.79. The number of carboxylic acid groups (broad SMARTS) is 1. The number of rotatable bonds is 4. The van der Waals surface area contributed by atoms with E-state index in [2.05, 4.69) is 23.8 Å². The standard InChI is InChI=1S/C14H17N3O2/c1-9(2)8-17(3)14-15-7-11-6-10(13(18)19)4-5-12(11)16-14/h4-7,9H,8H2,1-3H3,(H,18,19). The quantitative estimate of drug-likeness (QED) is 0.913. The van der Waals surface area contributed by atoms with Crippen molar-refractivity contribution in [2.45, 2.75) is 13.8 Å². The van der Waals surface area contributed by atoms with E-state index in [0.717, 1.165) is 17.4 Å². The summed E-state index contributed by atoms with van der Waals surface area (Å²) in [6.07, 6.45) is 1.67. The maximum atomic E-state index is 10.9. The number of nitrogens with zero attached hydrogens (tertiary/aromatic N) is 3. The summed E-state index contributed by atoms with van der Waals surface area (Å²) >= 11 is 0. The number of carbonyl (C=O) groups is 1. The van der Waals surface area contributed by atoms with Gasteiger partial charge in [-0.15, -0.1) is 0 Å². The molecule has 0 atom stereocenters. The molecular weight excluding hydrogens is 242 g/mol. The summed E-state index contributed by atoms with van der Waals surface area (Å²) in [6.45, 7) is 5.14. The SMILES string of the molecule is CC(C)CN(C)c1ncc2cc(C(=O)O)ccc2n1. The molecule has 0 bridgehead atoms. The van der Waals surface area contributed by atoms with Gasteiger partial charge in [0.15, 0.2) is 0 Å². The molecule has 5 nitrogen and oxygen atoms in total. The molecule has 1 heterocycles. The summed E-state index contributed by atoms with van der Waals surface area (Å²) in [4.78, 5) is 21.6. The molecule has 0 fully saturated rings. The number of aromatic nitrogens is 2. The van der Waals surface area contributed by atoms with Crippen molar-refractivity contribution < 1.29 is 9.90 Å². The molecule has 0 aliphatic heterocycles. The van der Waals surface area contributed by atoms with Crippen LogP contribution < -0.4 is 4.90 Å². The molecule has 0 radical (unpaired) electrons.